The maximum absolute atomic E-state index is 12.3. The highest BCUT2D eigenvalue weighted by molar-refractivity contribution is 7.87. The molecule has 2 aliphatic rings. The summed E-state index contributed by atoms with van der Waals surface area (Å²) in [6.07, 6.45) is -2.81. The fraction of sp³-hybridized carbons (Fsp3) is 0.667. The van der Waals surface area contributed by atoms with Gasteiger partial charge in [-0.05, 0) is 33.3 Å². The van der Waals surface area contributed by atoms with Crippen LogP contribution >= 0.6 is 0 Å². The quantitative estimate of drug-likeness (QED) is 0.694. The van der Waals surface area contributed by atoms with Crippen LogP contribution in [0.5, 0.6) is 0 Å². The molecule has 0 spiro atoms. The van der Waals surface area contributed by atoms with Crippen molar-refractivity contribution < 1.29 is 31.5 Å². The van der Waals surface area contributed by atoms with Crippen molar-refractivity contribution in [2.45, 2.75) is 69.9 Å². The molecule has 26 heavy (non-hydrogen) atoms. The minimum absolute atomic E-state index is 0.245. The van der Waals surface area contributed by atoms with E-state index < -0.39 is 45.8 Å². The first-order valence-corrected chi connectivity index (χ1v) is 10.2. The number of hydrogen-bond donors (Lipinski definition) is 0. The van der Waals surface area contributed by atoms with Gasteiger partial charge in [0.05, 0.1) is 18.5 Å². The van der Waals surface area contributed by atoms with Crippen molar-refractivity contribution in [2.75, 3.05) is 6.61 Å². The van der Waals surface area contributed by atoms with E-state index in [0.29, 0.717) is 0 Å². The van der Waals surface area contributed by atoms with Crippen LogP contribution in [0.3, 0.4) is 0 Å². The van der Waals surface area contributed by atoms with Crippen molar-refractivity contribution in [1.82, 2.24) is 0 Å². The van der Waals surface area contributed by atoms with Crippen LogP contribution in [0.4, 0.5) is 0 Å². The molecule has 0 bridgehead atoms. The summed E-state index contributed by atoms with van der Waals surface area (Å²) in [5.74, 6) is -0.837. The van der Waals surface area contributed by atoms with E-state index in [1.54, 1.807) is 27.7 Å². The second-order valence-corrected chi connectivity index (χ2v) is 9.36. The van der Waals surface area contributed by atoms with Crippen LogP contribution < -0.4 is 0 Å². The van der Waals surface area contributed by atoms with Crippen LogP contribution in [0.1, 0.15) is 33.3 Å². The molecule has 1 aromatic carbocycles. The molecule has 7 nitrogen and oxygen atoms in total. The van der Waals surface area contributed by atoms with E-state index in [0.717, 1.165) is 5.56 Å². The van der Waals surface area contributed by atoms with E-state index in [9.17, 15) is 8.42 Å². The molecule has 2 aliphatic heterocycles. The summed E-state index contributed by atoms with van der Waals surface area (Å²) in [7, 11) is -3.79. The molecule has 0 N–H and O–H groups in total. The second kappa shape index (κ2) is 7.53. The Morgan fingerprint density at radius 1 is 1.19 bits per heavy atom. The number of ether oxygens (including phenoxy) is 4. The molecular weight excluding hydrogens is 360 g/mol. The average molecular weight is 386 g/mol. The van der Waals surface area contributed by atoms with Crippen LogP contribution in [0.2, 0.25) is 0 Å². The monoisotopic (exact) mass is 386 g/mol. The highest BCUT2D eigenvalue weighted by atomic mass is 32.2. The van der Waals surface area contributed by atoms with Crippen LogP contribution in [-0.4, -0.2) is 50.7 Å². The number of hydrogen-bond acceptors (Lipinski definition) is 7. The van der Waals surface area contributed by atoms with E-state index in [-0.39, 0.29) is 13.2 Å². The lowest BCUT2D eigenvalue weighted by Gasteiger charge is -2.37. The molecule has 2 heterocycles. The summed E-state index contributed by atoms with van der Waals surface area (Å²) >= 11 is 0. The predicted molar refractivity (Wildman–Crippen MR) is 93.7 cm³/mol. The second-order valence-electron chi connectivity index (χ2n) is 7.24. The normalized spacial score (nSPS) is 31.1. The first-order valence-electron chi connectivity index (χ1n) is 8.73. The first-order chi connectivity index (χ1) is 12.2. The minimum Gasteiger partial charge on any atom is -0.347 e. The smallest absolute Gasteiger partial charge is 0.270 e. The predicted octanol–water partition coefficient (Wildman–Crippen LogP) is 2.20. The van der Waals surface area contributed by atoms with Gasteiger partial charge in [-0.2, -0.15) is 8.42 Å². The molecule has 1 aromatic rings. The van der Waals surface area contributed by atoms with E-state index in [1.807, 2.05) is 30.3 Å². The summed E-state index contributed by atoms with van der Waals surface area (Å²) in [6, 6.07) is 9.57. The average Bonchev–Trinajstić information content (AvgIpc) is 2.89. The SMILES string of the molecule is CC(C)S(=O)(=O)O[C@H]1[C@@H](OCc2ccccc2)OC[C@@H]2OC(C)(C)O[C@H]12. The van der Waals surface area contributed by atoms with Crippen molar-refractivity contribution in [1.29, 1.82) is 0 Å². The Kier molecular flexibility index (Phi) is 5.72. The third-order valence-electron chi connectivity index (χ3n) is 4.32. The number of benzene rings is 1. The van der Waals surface area contributed by atoms with Gasteiger partial charge in [0, 0.05) is 0 Å². The molecule has 4 atom stereocenters. The first kappa shape index (κ1) is 19.7. The van der Waals surface area contributed by atoms with E-state index in [2.05, 4.69) is 0 Å². The molecule has 2 fully saturated rings. The maximum Gasteiger partial charge on any atom is 0.270 e. The van der Waals surface area contributed by atoms with Crippen LogP contribution in [-0.2, 0) is 39.9 Å². The molecule has 8 heteroatoms. The molecule has 0 aliphatic carbocycles. The van der Waals surface area contributed by atoms with Crippen LogP contribution in [0, 0.1) is 0 Å². The third kappa shape index (κ3) is 4.44. The Bertz CT molecular complexity index is 702. The Balaban J connectivity index is 1.78. The summed E-state index contributed by atoms with van der Waals surface area (Å²) in [4.78, 5) is 0. The summed E-state index contributed by atoms with van der Waals surface area (Å²) in [5.41, 5.74) is 0.951. The lowest BCUT2D eigenvalue weighted by atomic mass is 10.1. The standard InChI is InChI=1S/C18H26O7S/c1-12(2)26(19,20)25-16-15-14(23-18(3,4)24-15)11-22-17(16)21-10-13-8-6-5-7-9-13/h5-9,12,14-17H,10-11H2,1-4H3/t14-,15-,16+,17-/m0/s1. The minimum atomic E-state index is -3.79. The fourth-order valence-corrected chi connectivity index (χ4v) is 3.70. The molecule has 0 amide bonds. The van der Waals surface area contributed by atoms with E-state index >= 15 is 0 Å². The van der Waals surface area contributed by atoms with Gasteiger partial charge >= 0.3 is 0 Å². The summed E-state index contributed by atoms with van der Waals surface area (Å²) < 4.78 is 53.4. The zero-order valence-corrected chi connectivity index (χ0v) is 16.3. The van der Waals surface area contributed by atoms with E-state index in [4.69, 9.17) is 23.1 Å². The Hall–Kier alpha value is -1.03. The zero-order chi connectivity index (χ0) is 18.9. The highest BCUT2D eigenvalue weighted by Gasteiger charge is 2.53. The number of rotatable bonds is 6. The zero-order valence-electron chi connectivity index (χ0n) is 15.5. The Labute approximate surface area is 154 Å². The summed E-state index contributed by atoms with van der Waals surface area (Å²) in [5, 5.41) is -0.687. The van der Waals surface area contributed by atoms with Crippen molar-refractivity contribution in [3.63, 3.8) is 0 Å². The number of fused-ring (bicyclic) bond motifs is 1. The Morgan fingerprint density at radius 3 is 2.54 bits per heavy atom. The van der Waals surface area contributed by atoms with Crippen molar-refractivity contribution >= 4 is 10.1 Å². The van der Waals surface area contributed by atoms with Gasteiger partial charge in [-0.15, -0.1) is 0 Å². The van der Waals surface area contributed by atoms with Crippen LogP contribution in [0.15, 0.2) is 30.3 Å². The van der Waals surface area contributed by atoms with Gasteiger partial charge in [0.25, 0.3) is 10.1 Å². The molecule has 3 rings (SSSR count). The highest BCUT2D eigenvalue weighted by Crippen LogP contribution is 2.37. The van der Waals surface area contributed by atoms with Gasteiger partial charge in [-0.3, -0.25) is 4.18 Å². The molecule has 0 saturated carbocycles. The maximum atomic E-state index is 12.3. The van der Waals surface area contributed by atoms with Gasteiger partial charge in [0.2, 0.25) is 0 Å². The molecule has 2 saturated heterocycles. The van der Waals surface area contributed by atoms with Gasteiger partial charge < -0.3 is 18.9 Å². The molecule has 0 radical (unpaired) electrons. The van der Waals surface area contributed by atoms with Gasteiger partial charge in [-0.25, -0.2) is 0 Å². The molecule has 146 valence electrons. The topological polar surface area (TPSA) is 80.3 Å². The molecular formula is C18H26O7S. The summed E-state index contributed by atoms with van der Waals surface area (Å²) in [6.45, 7) is 7.20. The van der Waals surface area contributed by atoms with Crippen LogP contribution in [0.25, 0.3) is 0 Å². The Morgan fingerprint density at radius 2 is 1.88 bits per heavy atom. The third-order valence-corrected chi connectivity index (χ3v) is 5.96. The van der Waals surface area contributed by atoms with Gasteiger partial charge in [0.15, 0.2) is 18.2 Å². The largest absolute Gasteiger partial charge is 0.347 e. The molecule has 0 unspecified atom stereocenters. The van der Waals surface area contributed by atoms with Gasteiger partial charge in [0.1, 0.15) is 12.2 Å². The van der Waals surface area contributed by atoms with Crippen molar-refractivity contribution in [3.8, 4) is 0 Å². The van der Waals surface area contributed by atoms with E-state index in [1.165, 1.54) is 0 Å². The molecule has 0 aromatic heterocycles. The van der Waals surface area contributed by atoms with Crippen molar-refractivity contribution in [3.05, 3.63) is 35.9 Å². The van der Waals surface area contributed by atoms with Gasteiger partial charge in [-0.1, -0.05) is 30.3 Å². The van der Waals surface area contributed by atoms with Crippen molar-refractivity contribution in [2.24, 2.45) is 0 Å². The lowest BCUT2D eigenvalue weighted by Crippen LogP contribution is -2.54. The fourth-order valence-electron chi connectivity index (χ4n) is 2.97. The lowest BCUT2D eigenvalue weighted by molar-refractivity contribution is -0.247.